The van der Waals surface area contributed by atoms with Gasteiger partial charge in [0.2, 0.25) is 5.91 Å². The van der Waals surface area contributed by atoms with Crippen LogP contribution in [0.25, 0.3) is 17.2 Å². The lowest BCUT2D eigenvalue weighted by atomic mass is 9.97. The quantitative estimate of drug-likeness (QED) is 0.739. The summed E-state index contributed by atoms with van der Waals surface area (Å²) in [5.41, 5.74) is 6.89. The van der Waals surface area contributed by atoms with Crippen LogP contribution < -0.4 is 4.98 Å². The lowest BCUT2D eigenvalue weighted by Gasteiger charge is -2.33. The lowest BCUT2D eigenvalue weighted by molar-refractivity contribution is -0.122. The third-order valence-corrected chi connectivity index (χ3v) is 8.15. The second kappa shape index (κ2) is 6.64. The average molecular weight is 350 g/mol. The molecule has 0 saturated carbocycles. The molecule has 0 fully saturated rings. The Bertz CT molecular complexity index is 821. The molecule has 0 radical (unpaired) electrons. The summed E-state index contributed by atoms with van der Waals surface area (Å²) in [5, 5.41) is 0. The molecule has 1 amide bonds. The van der Waals surface area contributed by atoms with Crippen molar-refractivity contribution < 1.29 is 4.79 Å². The third kappa shape index (κ3) is 3.34. The van der Waals surface area contributed by atoms with E-state index in [1.807, 2.05) is 19.9 Å². The predicted octanol–water partition coefficient (Wildman–Crippen LogP) is 5.37. The summed E-state index contributed by atoms with van der Waals surface area (Å²) in [6.45, 7) is 10.6. The van der Waals surface area contributed by atoms with E-state index in [2.05, 4.69) is 73.5 Å². The van der Waals surface area contributed by atoms with Gasteiger partial charge in [-0.1, -0.05) is 87.1 Å². The maximum Gasteiger partial charge on any atom is 0.214 e. The minimum Gasteiger partial charge on any atom is -0.381 e. The van der Waals surface area contributed by atoms with Crippen LogP contribution in [-0.2, 0) is 4.79 Å². The largest absolute Gasteiger partial charge is 0.381 e. The number of amides is 1. The monoisotopic (exact) mass is 349 g/mol. The smallest absolute Gasteiger partial charge is 0.214 e. The minimum absolute atomic E-state index is 0.0209. The molecule has 1 aliphatic rings. The van der Waals surface area contributed by atoms with Crippen LogP contribution in [0.2, 0.25) is 13.1 Å². The summed E-state index contributed by atoms with van der Waals surface area (Å²) < 4.78 is 0. The van der Waals surface area contributed by atoms with E-state index in [0.29, 0.717) is 5.54 Å². The Morgan fingerprint density at radius 3 is 2.36 bits per heavy atom. The topological polar surface area (TPSA) is 29.1 Å². The zero-order chi connectivity index (χ0) is 18.2. The van der Waals surface area contributed by atoms with Crippen molar-refractivity contribution in [2.75, 3.05) is 0 Å². The first-order chi connectivity index (χ1) is 11.8. The van der Waals surface area contributed by atoms with Crippen LogP contribution in [0.4, 0.5) is 0 Å². The Labute approximate surface area is 152 Å². The zero-order valence-electron chi connectivity index (χ0n) is 15.8. The molecule has 1 atom stereocenters. The van der Waals surface area contributed by atoms with E-state index in [9.17, 15) is 4.79 Å². The van der Waals surface area contributed by atoms with Crippen LogP contribution in [0.3, 0.4) is 0 Å². The maximum atomic E-state index is 12.3. The molecule has 3 rings (SSSR count). The van der Waals surface area contributed by atoms with Crippen LogP contribution in [0.1, 0.15) is 37.4 Å². The van der Waals surface area contributed by atoms with Gasteiger partial charge in [0.1, 0.15) is 0 Å². The second-order valence-corrected chi connectivity index (χ2v) is 12.1. The van der Waals surface area contributed by atoms with Crippen LogP contribution in [-0.4, -0.2) is 14.1 Å². The number of hydrogen-bond acceptors (Lipinski definition) is 1. The fourth-order valence-corrected chi connectivity index (χ4v) is 7.23. The first-order valence-electron chi connectivity index (χ1n) is 9.00. The highest BCUT2D eigenvalue weighted by atomic mass is 28.3. The first kappa shape index (κ1) is 17.7. The molecule has 0 bridgehead atoms. The molecule has 130 valence electrons. The maximum absolute atomic E-state index is 12.3. The Morgan fingerprint density at radius 2 is 1.72 bits per heavy atom. The van der Waals surface area contributed by atoms with Crippen LogP contribution in [0.5, 0.6) is 0 Å². The number of hydrogen-bond donors (Lipinski definition) is 1. The zero-order valence-corrected chi connectivity index (χ0v) is 16.8. The van der Waals surface area contributed by atoms with E-state index < -0.39 is 8.24 Å². The number of carbonyl (C=O) groups excluding carboxylic acids is 1. The number of benzene rings is 2. The van der Waals surface area contributed by atoms with E-state index in [0.717, 1.165) is 0 Å². The molecule has 3 heteroatoms. The van der Waals surface area contributed by atoms with Gasteiger partial charge in [0.25, 0.3) is 0 Å². The van der Waals surface area contributed by atoms with Crippen molar-refractivity contribution in [3.05, 3.63) is 65.2 Å². The summed E-state index contributed by atoms with van der Waals surface area (Å²) in [5.74, 6) is 0.185. The van der Waals surface area contributed by atoms with Gasteiger partial charge in [-0.05, 0) is 29.2 Å². The van der Waals surface area contributed by atoms with Gasteiger partial charge in [-0.2, -0.15) is 0 Å². The normalized spacial score (nSPS) is 16.6. The summed E-state index contributed by atoms with van der Waals surface area (Å²) >= 11 is 0. The molecule has 0 heterocycles. The number of fused-ring (bicyclic) bond motifs is 1. The number of allylic oxidation sites excluding steroid dienone is 1. The van der Waals surface area contributed by atoms with Gasteiger partial charge in [-0.3, -0.25) is 4.79 Å². The van der Waals surface area contributed by atoms with Crippen molar-refractivity contribution in [3.8, 4) is 11.1 Å². The molecule has 0 saturated heterocycles. The first-order valence-corrected chi connectivity index (χ1v) is 12.1. The molecule has 1 N–H and O–H groups in total. The molecule has 2 aromatic carbocycles. The minimum atomic E-state index is -2.00. The van der Waals surface area contributed by atoms with Crippen LogP contribution in [0.15, 0.2) is 54.1 Å². The Hall–Kier alpha value is -2.13. The van der Waals surface area contributed by atoms with Gasteiger partial charge in [-0.25, -0.2) is 0 Å². The predicted molar refractivity (Wildman–Crippen MR) is 109 cm³/mol. The molecule has 1 unspecified atom stereocenters. The number of rotatable bonds is 4. The lowest BCUT2D eigenvalue weighted by Crippen LogP contribution is -2.54. The van der Waals surface area contributed by atoms with E-state index in [-0.39, 0.29) is 11.8 Å². The molecular weight excluding hydrogens is 322 g/mol. The van der Waals surface area contributed by atoms with Crippen LogP contribution >= 0.6 is 0 Å². The number of carbonyl (C=O) groups is 1. The van der Waals surface area contributed by atoms with Crippen molar-refractivity contribution >= 4 is 20.2 Å². The van der Waals surface area contributed by atoms with Gasteiger partial charge in [0.15, 0.2) is 8.24 Å². The fourth-order valence-electron chi connectivity index (χ4n) is 3.91. The van der Waals surface area contributed by atoms with Gasteiger partial charge in [0, 0.05) is 11.5 Å². The van der Waals surface area contributed by atoms with Crippen molar-refractivity contribution in [1.29, 1.82) is 0 Å². The highest BCUT2D eigenvalue weighted by Gasteiger charge is 2.40. The molecule has 2 aromatic rings. The van der Waals surface area contributed by atoms with Gasteiger partial charge >= 0.3 is 0 Å². The average Bonchev–Trinajstić information content (AvgIpc) is 2.91. The fraction of sp³-hybridized carbons (Fsp3) is 0.318. The van der Waals surface area contributed by atoms with Crippen molar-refractivity contribution in [3.63, 3.8) is 0 Å². The molecule has 0 aliphatic heterocycles. The Morgan fingerprint density at radius 1 is 1.04 bits per heavy atom. The van der Waals surface area contributed by atoms with Crippen molar-refractivity contribution in [2.24, 2.45) is 5.92 Å². The van der Waals surface area contributed by atoms with Gasteiger partial charge in [0.05, 0.1) is 0 Å². The van der Waals surface area contributed by atoms with Gasteiger partial charge in [-0.15, -0.1) is 0 Å². The van der Waals surface area contributed by atoms with E-state index in [1.54, 1.807) is 0 Å². The molecular formula is C22H27NOSi. The molecule has 2 nitrogen and oxygen atoms in total. The van der Waals surface area contributed by atoms with E-state index in [1.165, 1.54) is 27.8 Å². The molecule has 0 spiro atoms. The molecule has 25 heavy (non-hydrogen) atoms. The SMILES string of the molecule is CC1=Cc2c(-c3ccccc3)cccc2C1[Si](C)(C)NC(=O)C(C)C. The Kier molecular flexibility index (Phi) is 4.70. The molecule has 1 aliphatic carbocycles. The summed E-state index contributed by atoms with van der Waals surface area (Å²) in [7, 11) is -2.00. The van der Waals surface area contributed by atoms with Gasteiger partial charge < -0.3 is 4.98 Å². The highest BCUT2D eigenvalue weighted by molar-refractivity contribution is 6.79. The van der Waals surface area contributed by atoms with Crippen LogP contribution in [0, 0.1) is 5.92 Å². The standard InChI is InChI=1S/C22H27NOSi/c1-15(2)22(24)23-25(4,5)21-16(3)14-20-18(12-9-13-19(20)21)17-10-7-6-8-11-17/h6-15,21H,1-5H3,(H,23,24). The molecule has 0 aromatic heterocycles. The summed E-state index contributed by atoms with van der Waals surface area (Å²) in [4.78, 5) is 15.7. The van der Waals surface area contributed by atoms with Crippen molar-refractivity contribution in [1.82, 2.24) is 4.98 Å². The highest BCUT2D eigenvalue weighted by Crippen LogP contribution is 2.44. The summed E-state index contributed by atoms with van der Waals surface area (Å²) in [6.07, 6.45) is 2.32. The van der Waals surface area contributed by atoms with E-state index >= 15 is 0 Å². The second-order valence-electron chi connectivity index (χ2n) is 7.86. The summed E-state index contributed by atoms with van der Waals surface area (Å²) in [6, 6.07) is 17.1. The Balaban J connectivity index is 2.03. The van der Waals surface area contributed by atoms with Crippen molar-refractivity contribution in [2.45, 2.75) is 39.4 Å². The van der Waals surface area contributed by atoms with E-state index in [4.69, 9.17) is 0 Å². The number of nitrogens with one attached hydrogen (secondary N) is 1. The third-order valence-electron chi connectivity index (χ3n) is 5.05.